The molecule has 0 fully saturated rings. The van der Waals surface area contributed by atoms with Crippen molar-refractivity contribution in [3.8, 4) is 11.5 Å². The van der Waals surface area contributed by atoms with Gasteiger partial charge in [0.15, 0.2) is 0 Å². The molecule has 4 aromatic carbocycles. The van der Waals surface area contributed by atoms with Crippen molar-refractivity contribution in [2.45, 2.75) is 25.7 Å². The minimum absolute atomic E-state index is 0.170. The Balaban J connectivity index is 1.13. The minimum atomic E-state index is -0.589. The molecule has 0 aliphatic heterocycles. The molecular formula is C34H28Cl2N4O6. The topological polar surface area (TPSA) is 136 Å². The largest absolute Gasteiger partial charge is 0.423 e. The molecule has 46 heavy (non-hydrogen) atoms. The van der Waals surface area contributed by atoms with Crippen LogP contribution in [0.25, 0.3) is 0 Å². The van der Waals surface area contributed by atoms with E-state index in [-0.39, 0.29) is 45.8 Å². The van der Waals surface area contributed by atoms with Crippen LogP contribution in [0.4, 0.5) is 0 Å². The lowest BCUT2D eigenvalue weighted by Crippen LogP contribution is -2.19. The number of hydrogen-bond donors (Lipinski definition) is 2. The highest BCUT2D eigenvalue weighted by atomic mass is 35.5. The number of ether oxygens (including phenoxy) is 2. The van der Waals surface area contributed by atoms with E-state index in [0.29, 0.717) is 35.5 Å². The highest BCUT2D eigenvalue weighted by molar-refractivity contribution is 6.34. The van der Waals surface area contributed by atoms with E-state index in [1.54, 1.807) is 97.1 Å². The molecule has 0 spiro atoms. The number of rotatable bonds is 13. The molecule has 4 rings (SSSR count). The Morgan fingerprint density at radius 3 is 1.41 bits per heavy atom. The van der Waals surface area contributed by atoms with Gasteiger partial charge in [0.2, 0.25) is 11.8 Å². The van der Waals surface area contributed by atoms with Crippen LogP contribution in [-0.4, -0.2) is 36.2 Å². The van der Waals surface area contributed by atoms with E-state index in [0.717, 1.165) is 0 Å². The molecule has 2 amide bonds. The van der Waals surface area contributed by atoms with Crippen LogP contribution in [0.3, 0.4) is 0 Å². The van der Waals surface area contributed by atoms with Gasteiger partial charge in [0.25, 0.3) is 0 Å². The third kappa shape index (κ3) is 10.7. The fraction of sp³-hybridized carbons (Fsp3) is 0.118. The Bertz CT molecular complexity index is 1650. The number of unbranched alkanes of at least 4 members (excludes halogenated alkanes) is 1. The number of carbonyl (C=O) groups is 4. The first-order valence-electron chi connectivity index (χ1n) is 14.1. The van der Waals surface area contributed by atoms with Crippen molar-refractivity contribution >= 4 is 59.4 Å². The van der Waals surface area contributed by atoms with Crippen molar-refractivity contribution in [3.63, 3.8) is 0 Å². The van der Waals surface area contributed by atoms with Gasteiger partial charge in [-0.25, -0.2) is 20.4 Å². The number of nitrogens with one attached hydrogen (secondary N) is 2. The Labute approximate surface area is 275 Å². The van der Waals surface area contributed by atoms with Gasteiger partial charge in [-0.3, -0.25) is 9.59 Å². The molecule has 0 unspecified atom stereocenters. The summed E-state index contributed by atoms with van der Waals surface area (Å²) < 4.78 is 10.8. The third-order valence-electron chi connectivity index (χ3n) is 6.19. The van der Waals surface area contributed by atoms with Gasteiger partial charge in [-0.05, 0) is 72.5 Å². The standard InChI is InChI=1S/C34H28Cl2N4O6/c35-29-15-3-1-13-27(29)33(43)45-25-11-7-9-23(19-25)21-37-39-31(41)17-5-6-18-32(42)40-38-22-24-10-8-12-26(20-24)46-34(44)28-14-2-4-16-30(28)36/h1-4,7-16,19-22H,5-6,17-18H2,(H,39,41)(H,40,42). The maximum absolute atomic E-state index is 12.4. The van der Waals surface area contributed by atoms with Crippen molar-refractivity contribution in [1.82, 2.24) is 10.9 Å². The molecule has 0 radical (unpaired) electrons. The summed E-state index contributed by atoms with van der Waals surface area (Å²) in [7, 11) is 0. The van der Waals surface area contributed by atoms with E-state index in [9.17, 15) is 19.2 Å². The summed E-state index contributed by atoms with van der Waals surface area (Å²) in [6.07, 6.45) is 4.12. The van der Waals surface area contributed by atoms with E-state index >= 15 is 0 Å². The van der Waals surface area contributed by atoms with Gasteiger partial charge < -0.3 is 9.47 Å². The highest BCUT2D eigenvalue weighted by Gasteiger charge is 2.13. The summed E-state index contributed by atoms with van der Waals surface area (Å²) in [5.41, 5.74) is 6.58. The zero-order valence-electron chi connectivity index (χ0n) is 24.3. The van der Waals surface area contributed by atoms with Crippen molar-refractivity contribution in [2.24, 2.45) is 10.2 Å². The average Bonchev–Trinajstić information content (AvgIpc) is 3.04. The number of halogens is 2. The minimum Gasteiger partial charge on any atom is -0.423 e. The van der Waals surface area contributed by atoms with Gasteiger partial charge in [-0.1, -0.05) is 71.7 Å². The molecule has 0 aliphatic carbocycles. The molecule has 2 N–H and O–H groups in total. The maximum atomic E-state index is 12.4. The van der Waals surface area contributed by atoms with Gasteiger partial charge >= 0.3 is 11.9 Å². The number of amides is 2. The zero-order chi connectivity index (χ0) is 32.7. The summed E-state index contributed by atoms with van der Waals surface area (Å²) in [5.74, 6) is -1.21. The lowest BCUT2D eigenvalue weighted by Gasteiger charge is -2.06. The first kappa shape index (κ1) is 33.6. The van der Waals surface area contributed by atoms with Crippen molar-refractivity contribution in [3.05, 3.63) is 129 Å². The van der Waals surface area contributed by atoms with E-state index in [1.165, 1.54) is 12.4 Å². The first-order chi connectivity index (χ1) is 22.3. The zero-order valence-corrected chi connectivity index (χ0v) is 25.8. The molecule has 10 nitrogen and oxygen atoms in total. The summed E-state index contributed by atoms with van der Waals surface area (Å²) in [4.78, 5) is 49.0. The molecule has 0 atom stereocenters. The fourth-order valence-corrected chi connectivity index (χ4v) is 4.36. The number of nitrogens with zero attached hydrogens (tertiary/aromatic N) is 2. The van der Waals surface area contributed by atoms with Crippen molar-refractivity contribution < 1.29 is 28.7 Å². The van der Waals surface area contributed by atoms with Crippen LogP contribution in [0.15, 0.2) is 107 Å². The molecule has 234 valence electrons. The Morgan fingerprint density at radius 2 is 1.00 bits per heavy atom. The Hall–Kier alpha value is -5.32. The number of hydrogen-bond acceptors (Lipinski definition) is 8. The fourth-order valence-electron chi connectivity index (χ4n) is 3.93. The van der Waals surface area contributed by atoms with Crippen molar-refractivity contribution in [1.29, 1.82) is 0 Å². The van der Waals surface area contributed by atoms with Gasteiger partial charge in [0.1, 0.15) is 11.5 Å². The third-order valence-corrected chi connectivity index (χ3v) is 6.85. The van der Waals surface area contributed by atoms with E-state index in [4.69, 9.17) is 32.7 Å². The molecule has 0 saturated heterocycles. The Morgan fingerprint density at radius 1 is 0.587 bits per heavy atom. The average molecular weight is 660 g/mol. The van der Waals surface area contributed by atoms with Crippen LogP contribution in [0.2, 0.25) is 10.0 Å². The smallest absolute Gasteiger partial charge is 0.345 e. The molecule has 0 aromatic heterocycles. The quantitative estimate of drug-likeness (QED) is 0.0547. The normalized spacial score (nSPS) is 10.9. The molecule has 4 aromatic rings. The Kier molecular flexibility index (Phi) is 12.6. The van der Waals surface area contributed by atoms with Crippen LogP contribution >= 0.6 is 23.2 Å². The number of carbonyl (C=O) groups excluding carboxylic acids is 4. The molecule has 0 bridgehead atoms. The molecular weight excluding hydrogens is 631 g/mol. The van der Waals surface area contributed by atoms with Crippen LogP contribution < -0.4 is 20.3 Å². The summed E-state index contributed by atoms with van der Waals surface area (Å²) in [5, 5.41) is 8.46. The summed E-state index contributed by atoms with van der Waals surface area (Å²) in [6, 6.07) is 26.4. The van der Waals surface area contributed by atoms with Crippen LogP contribution in [0, 0.1) is 0 Å². The van der Waals surface area contributed by atoms with Gasteiger partial charge in [-0.2, -0.15) is 10.2 Å². The summed E-state index contributed by atoms with van der Waals surface area (Å²) in [6.45, 7) is 0. The molecule has 12 heteroatoms. The SMILES string of the molecule is O=C(CCCCC(=O)NN=Cc1cccc(OC(=O)c2ccccc2Cl)c1)NN=Cc1cccc(OC(=O)c2ccccc2Cl)c1. The van der Waals surface area contributed by atoms with Crippen LogP contribution in [0.5, 0.6) is 11.5 Å². The first-order valence-corrected chi connectivity index (χ1v) is 14.8. The predicted molar refractivity (Wildman–Crippen MR) is 176 cm³/mol. The van der Waals surface area contributed by atoms with Gasteiger partial charge in [0.05, 0.1) is 33.6 Å². The van der Waals surface area contributed by atoms with E-state index in [2.05, 4.69) is 21.1 Å². The van der Waals surface area contributed by atoms with Gasteiger partial charge in [-0.15, -0.1) is 0 Å². The lowest BCUT2D eigenvalue weighted by molar-refractivity contribution is -0.123. The second-order valence-electron chi connectivity index (χ2n) is 9.68. The number of esters is 2. The predicted octanol–water partition coefficient (Wildman–Crippen LogP) is 6.59. The number of hydrazone groups is 2. The molecule has 0 aliphatic rings. The van der Waals surface area contributed by atoms with Crippen molar-refractivity contribution in [2.75, 3.05) is 0 Å². The van der Waals surface area contributed by atoms with Crippen LogP contribution in [-0.2, 0) is 9.59 Å². The molecule has 0 saturated carbocycles. The second kappa shape index (κ2) is 17.2. The molecule has 0 heterocycles. The van der Waals surface area contributed by atoms with E-state index in [1.807, 2.05) is 0 Å². The highest BCUT2D eigenvalue weighted by Crippen LogP contribution is 2.20. The lowest BCUT2D eigenvalue weighted by atomic mass is 10.2. The maximum Gasteiger partial charge on any atom is 0.345 e. The monoisotopic (exact) mass is 658 g/mol. The second-order valence-corrected chi connectivity index (χ2v) is 10.5. The summed E-state index contributed by atoms with van der Waals surface area (Å²) >= 11 is 12.1. The van der Waals surface area contributed by atoms with Gasteiger partial charge in [0, 0.05) is 12.8 Å². The number of benzene rings is 4. The van der Waals surface area contributed by atoms with Crippen LogP contribution in [0.1, 0.15) is 57.5 Å². The van der Waals surface area contributed by atoms with E-state index < -0.39 is 11.9 Å².